The molecule has 0 atom stereocenters. The third-order valence-corrected chi connectivity index (χ3v) is 3.60. The summed E-state index contributed by atoms with van der Waals surface area (Å²) in [6.07, 6.45) is 0. The molecular formula is C19H13NO4. The third-order valence-electron chi connectivity index (χ3n) is 3.60. The summed E-state index contributed by atoms with van der Waals surface area (Å²) in [4.78, 5) is 12.1. The van der Waals surface area contributed by atoms with Gasteiger partial charge in [-0.3, -0.25) is 0 Å². The molecule has 24 heavy (non-hydrogen) atoms. The average molecular weight is 319 g/mol. The van der Waals surface area contributed by atoms with Gasteiger partial charge >= 0.3 is 5.97 Å². The van der Waals surface area contributed by atoms with Gasteiger partial charge < -0.3 is 13.7 Å². The molecule has 4 rings (SSSR count). The van der Waals surface area contributed by atoms with Crippen LogP contribution in [0.2, 0.25) is 0 Å². The number of carbonyl (C=O) groups is 1. The van der Waals surface area contributed by atoms with Crippen molar-refractivity contribution in [3.05, 3.63) is 78.2 Å². The van der Waals surface area contributed by atoms with Crippen LogP contribution in [0.1, 0.15) is 16.2 Å². The van der Waals surface area contributed by atoms with Crippen LogP contribution in [0.4, 0.5) is 0 Å². The van der Waals surface area contributed by atoms with Crippen LogP contribution in [-0.2, 0) is 11.3 Å². The van der Waals surface area contributed by atoms with Gasteiger partial charge in [-0.15, -0.1) is 0 Å². The van der Waals surface area contributed by atoms with E-state index in [2.05, 4.69) is 5.16 Å². The van der Waals surface area contributed by atoms with Crippen molar-refractivity contribution in [2.75, 3.05) is 0 Å². The number of carbonyl (C=O) groups excluding carboxylic acids is 1. The Morgan fingerprint density at radius 2 is 1.79 bits per heavy atom. The van der Waals surface area contributed by atoms with E-state index in [1.165, 1.54) is 0 Å². The van der Waals surface area contributed by atoms with Crippen molar-refractivity contribution in [2.45, 2.75) is 6.61 Å². The maximum absolute atomic E-state index is 12.1. The van der Waals surface area contributed by atoms with Crippen LogP contribution in [0.25, 0.3) is 22.3 Å². The van der Waals surface area contributed by atoms with Gasteiger partial charge in [0.2, 0.25) is 0 Å². The molecule has 2 heterocycles. The number of nitrogens with zero attached hydrogens (tertiary/aromatic N) is 1. The second-order valence-electron chi connectivity index (χ2n) is 5.27. The van der Waals surface area contributed by atoms with Crippen molar-refractivity contribution in [3.63, 3.8) is 0 Å². The summed E-state index contributed by atoms with van der Waals surface area (Å²) in [7, 11) is 0. The molecule has 0 unspecified atom stereocenters. The number of furan rings is 1. The minimum absolute atomic E-state index is 0.0427. The first kappa shape index (κ1) is 14.3. The van der Waals surface area contributed by atoms with Crippen molar-refractivity contribution in [1.82, 2.24) is 5.16 Å². The summed E-state index contributed by atoms with van der Waals surface area (Å²) >= 11 is 0. The summed E-state index contributed by atoms with van der Waals surface area (Å²) in [6, 6.07) is 20.5. The predicted octanol–water partition coefficient (Wildman–Crippen LogP) is 4.44. The number of rotatable bonds is 4. The van der Waals surface area contributed by atoms with E-state index in [0.29, 0.717) is 11.5 Å². The van der Waals surface area contributed by atoms with E-state index in [1.54, 1.807) is 6.07 Å². The largest absolute Gasteiger partial charge is 0.457 e. The summed E-state index contributed by atoms with van der Waals surface area (Å²) in [5, 5.41) is 4.74. The molecule has 2 aromatic carbocycles. The molecule has 0 aliphatic carbocycles. The Bertz CT molecular complexity index is 952. The number of hydrogen-bond acceptors (Lipinski definition) is 5. The number of ether oxygens (including phenoxy) is 1. The average Bonchev–Trinajstić information content (AvgIpc) is 3.27. The molecule has 2 aromatic heterocycles. The van der Waals surface area contributed by atoms with E-state index in [9.17, 15) is 4.79 Å². The van der Waals surface area contributed by atoms with Gasteiger partial charge in [-0.1, -0.05) is 53.7 Å². The van der Waals surface area contributed by atoms with Crippen LogP contribution in [0.5, 0.6) is 0 Å². The van der Waals surface area contributed by atoms with Crippen LogP contribution >= 0.6 is 0 Å². The SMILES string of the molecule is O=C(OCc1cc2ccccc2o1)c1cc(-c2ccccc2)on1. The van der Waals surface area contributed by atoms with E-state index < -0.39 is 5.97 Å². The van der Waals surface area contributed by atoms with E-state index in [0.717, 1.165) is 16.5 Å². The van der Waals surface area contributed by atoms with Crippen LogP contribution < -0.4 is 0 Å². The molecule has 4 aromatic rings. The number of para-hydroxylation sites is 1. The second kappa shape index (κ2) is 6.04. The molecule has 0 aliphatic rings. The fourth-order valence-corrected chi connectivity index (χ4v) is 2.43. The topological polar surface area (TPSA) is 65.5 Å². The quantitative estimate of drug-likeness (QED) is 0.520. The van der Waals surface area contributed by atoms with E-state index >= 15 is 0 Å². The highest BCUT2D eigenvalue weighted by molar-refractivity contribution is 5.88. The van der Waals surface area contributed by atoms with Gasteiger partial charge in [0.25, 0.3) is 0 Å². The predicted molar refractivity (Wildman–Crippen MR) is 87.3 cm³/mol. The van der Waals surface area contributed by atoms with Crippen molar-refractivity contribution < 1.29 is 18.5 Å². The fourth-order valence-electron chi connectivity index (χ4n) is 2.43. The summed E-state index contributed by atoms with van der Waals surface area (Å²) in [6.45, 7) is 0.0427. The molecule has 5 heteroatoms. The van der Waals surface area contributed by atoms with Crippen molar-refractivity contribution in [3.8, 4) is 11.3 Å². The minimum atomic E-state index is -0.554. The Morgan fingerprint density at radius 1 is 1.00 bits per heavy atom. The van der Waals surface area contributed by atoms with E-state index in [4.69, 9.17) is 13.7 Å². The molecule has 0 spiro atoms. The highest BCUT2D eigenvalue weighted by Gasteiger charge is 2.16. The zero-order chi connectivity index (χ0) is 16.4. The van der Waals surface area contributed by atoms with E-state index in [1.807, 2.05) is 60.7 Å². The highest BCUT2D eigenvalue weighted by Crippen LogP contribution is 2.22. The Kier molecular flexibility index (Phi) is 3.59. The van der Waals surface area contributed by atoms with Gasteiger partial charge in [-0.05, 0) is 12.1 Å². The molecule has 0 bridgehead atoms. The Hall–Kier alpha value is -3.34. The van der Waals surface area contributed by atoms with Gasteiger partial charge in [-0.2, -0.15) is 0 Å². The summed E-state index contributed by atoms with van der Waals surface area (Å²) < 4.78 is 16.0. The lowest BCUT2D eigenvalue weighted by molar-refractivity contribution is 0.0436. The van der Waals surface area contributed by atoms with Crippen molar-refractivity contribution in [2.24, 2.45) is 0 Å². The fraction of sp³-hybridized carbons (Fsp3) is 0.0526. The lowest BCUT2D eigenvalue weighted by Gasteiger charge is -1.98. The number of esters is 1. The highest BCUT2D eigenvalue weighted by atomic mass is 16.5. The number of benzene rings is 2. The molecule has 0 saturated carbocycles. The molecule has 118 valence electrons. The smallest absolute Gasteiger partial charge is 0.361 e. The molecule has 0 amide bonds. The molecule has 0 fully saturated rings. The van der Waals surface area contributed by atoms with Gasteiger partial charge in [0.15, 0.2) is 11.5 Å². The number of hydrogen-bond donors (Lipinski definition) is 0. The summed E-state index contributed by atoms with van der Waals surface area (Å²) in [5.74, 6) is 0.545. The molecule has 0 N–H and O–H groups in total. The third kappa shape index (κ3) is 2.79. The van der Waals surface area contributed by atoms with E-state index in [-0.39, 0.29) is 12.3 Å². The standard InChI is InChI=1S/C19H13NO4/c21-19(16-11-18(24-20-16)13-6-2-1-3-7-13)22-12-15-10-14-8-4-5-9-17(14)23-15/h1-11H,12H2. The summed E-state index contributed by atoms with van der Waals surface area (Å²) in [5.41, 5.74) is 1.74. The zero-order valence-electron chi connectivity index (χ0n) is 12.6. The Morgan fingerprint density at radius 3 is 2.62 bits per heavy atom. The second-order valence-corrected chi connectivity index (χ2v) is 5.27. The van der Waals surface area contributed by atoms with Crippen molar-refractivity contribution >= 4 is 16.9 Å². The van der Waals surface area contributed by atoms with Gasteiger partial charge in [-0.25, -0.2) is 4.79 Å². The van der Waals surface area contributed by atoms with Crippen LogP contribution in [0.15, 0.2) is 75.7 Å². The first-order chi connectivity index (χ1) is 11.8. The molecule has 0 radical (unpaired) electrons. The first-order valence-electron chi connectivity index (χ1n) is 7.46. The molecule has 5 nitrogen and oxygen atoms in total. The number of fused-ring (bicyclic) bond motifs is 1. The monoisotopic (exact) mass is 319 g/mol. The lowest BCUT2D eigenvalue weighted by Crippen LogP contribution is -2.04. The normalized spacial score (nSPS) is 10.8. The molecular weight excluding hydrogens is 306 g/mol. The Labute approximate surface area is 137 Å². The van der Waals surface area contributed by atoms with Crippen molar-refractivity contribution in [1.29, 1.82) is 0 Å². The zero-order valence-corrected chi connectivity index (χ0v) is 12.6. The molecule has 0 aliphatic heterocycles. The minimum Gasteiger partial charge on any atom is -0.457 e. The van der Waals surface area contributed by atoms with Crippen LogP contribution in [0, 0.1) is 0 Å². The maximum atomic E-state index is 12.1. The van der Waals surface area contributed by atoms with Crippen LogP contribution in [0.3, 0.4) is 0 Å². The van der Waals surface area contributed by atoms with Gasteiger partial charge in [0, 0.05) is 17.0 Å². The first-order valence-corrected chi connectivity index (χ1v) is 7.46. The van der Waals surface area contributed by atoms with Gasteiger partial charge in [0.05, 0.1) is 0 Å². The van der Waals surface area contributed by atoms with Crippen LogP contribution in [-0.4, -0.2) is 11.1 Å². The maximum Gasteiger partial charge on any atom is 0.361 e. The lowest BCUT2D eigenvalue weighted by atomic mass is 10.2. The van der Waals surface area contributed by atoms with Gasteiger partial charge in [0.1, 0.15) is 18.0 Å². The number of aromatic nitrogens is 1. The Balaban J connectivity index is 1.45. The molecule has 0 saturated heterocycles.